The number of carbonyl (C=O) groups is 1. The first kappa shape index (κ1) is 19.2. The smallest absolute Gasteiger partial charge is 0.416 e. The fraction of sp³-hybridized carbons (Fsp3) is 0.533. The summed E-state index contributed by atoms with van der Waals surface area (Å²) >= 11 is 0. The van der Waals surface area contributed by atoms with Gasteiger partial charge in [-0.15, -0.1) is 0 Å². The zero-order chi connectivity index (χ0) is 19.2. The fourth-order valence-electron chi connectivity index (χ4n) is 2.64. The number of amides is 1. The number of halogens is 6. The van der Waals surface area contributed by atoms with Crippen LogP contribution in [0.15, 0.2) is 12.1 Å². The fourth-order valence-corrected chi connectivity index (χ4v) is 2.64. The van der Waals surface area contributed by atoms with Crippen molar-refractivity contribution in [2.24, 2.45) is 5.41 Å². The van der Waals surface area contributed by atoms with Gasteiger partial charge in [0.05, 0.1) is 24.3 Å². The van der Waals surface area contributed by atoms with Gasteiger partial charge in [0, 0.05) is 11.0 Å². The molecular weight excluding hydrogens is 356 g/mol. The highest BCUT2D eigenvalue weighted by molar-refractivity contribution is 5.70. The molecule has 1 heterocycles. The summed E-state index contributed by atoms with van der Waals surface area (Å²) in [7, 11) is 0.966. The van der Waals surface area contributed by atoms with E-state index in [0.29, 0.717) is 6.07 Å². The molecule has 140 valence electrons. The van der Waals surface area contributed by atoms with E-state index in [2.05, 4.69) is 5.32 Å². The number of alkyl halides is 6. The Balaban J connectivity index is 2.77. The number of benzene rings is 1. The summed E-state index contributed by atoms with van der Waals surface area (Å²) in [6.45, 7) is 2.84. The number of cyclic esters (lactones) is 1. The van der Waals surface area contributed by atoms with Crippen molar-refractivity contribution in [1.29, 1.82) is 0 Å². The average Bonchev–Trinajstić information content (AvgIpc) is 2.46. The predicted octanol–water partition coefficient (Wildman–Crippen LogP) is 4.54. The first-order valence-electron chi connectivity index (χ1n) is 7.07. The number of ether oxygens (including phenoxy) is 2. The highest BCUT2D eigenvalue weighted by Crippen LogP contribution is 2.48. The zero-order valence-electron chi connectivity index (χ0n) is 13.4. The normalized spacial score (nSPS) is 20.7. The lowest BCUT2D eigenvalue weighted by Gasteiger charge is -2.40. The van der Waals surface area contributed by atoms with Crippen LogP contribution in [0.4, 0.5) is 31.1 Å². The lowest BCUT2D eigenvalue weighted by Crippen LogP contribution is -2.47. The van der Waals surface area contributed by atoms with E-state index in [1.54, 1.807) is 0 Å². The summed E-state index contributed by atoms with van der Waals surface area (Å²) in [5.74, 6) is -0.609. The van der Waals surface area contributed by atoms with E-state index >= 15 is 0 Å². The highest BCUT2D eigenvalue weighted by atomic mass is 19.4. The molecule has 1 aliphatic rings. The minimum atomic E-state index is -5.08. The summed E-state index contributed by atoms with van der Waals surface area (Å²) in [5.41, 5.74) is -4.58. The number of alkyl carbamates (subject to hydrolysis) is 1. The van der Waals surface area contributed by atoms with Crippen LogP contribution in [0.3, 0.4) is 0 Å². The molecule has 0 unspecified atom stereocenters. The van der Waals surface area contributed by atoms with Crippen molar-refractivity contribution in [3.8, 4) is 5.75 Å². The van der Waals surface area contributed by atoms with Crippen molar-refractivity contribution in [3.05, 3.63) is 28.8 Å². The summed E-state index contributed by atoms with van der Waals surface area (Å²) in [5, 5.41) is 2.25. The van der Waals surface area contributed by atoms with Crippen molar-refractivity contribution >= 4 is 6.09 Å². The van der Waals surface area contributed by atoms with Gasteiger partial charge in [0.15, 0.2) is 0 Å². The van der Waals surface area contributed by atoms with Gasteiger partial charge in [-0.3, -0.25) is 0 Å². The topological polar surface area (TPSA) is 47.6 Å². The molecule has 1 atom stereocenters. The number of hydrogen-bond donors (Lipinski definition) is 1. The number of nitrogens with one attached hydrogen (secondary N) is 1. The maximum Gasteiger partial charge on any atom is 0.416 e. The molecule has 0 radical (unpaired) electrons. The van der Waals surface area contributed by atoms with Gasteiger partial charge in [-0.25, -0.2) is 4.79 Å². The van der Waals surface area contributed by atoms with Gasteiger partial charge in [-0.05, 0) is 12.1 Å². The van der Waals surface area contributed by atoms with Crippen molar-refractivity contribution in [2.75, 3.05) is 13.7 Å². The van der Waals surface area contributed by atoms with E-state index in [1.807, 2.05) is 0 Å². The molecule has 1 amide bonds. The van der Waals surface area contributed by atoms with Gasteiger partial charge in [0.2, 0.25) is 0 Å². The Hall–Kier alpha value is -2.13. The van der Waals surface area contributed by atoms with E-state index in [4.69, 9.17) is 9.47 Å². The third-order valence-electron chi connectivity index (χ3n) is 3.90. The van der Waals surface area contributed by atoms with Crippen LogP contribution in [0, 0.1) is 5.41 Å². The largest absolute Gasteiger partial charge is 0.496 e. The Bertz CT molecular complexity index is 681. The van der Waals surface area contributed by atoms with Gasteiger partial charge in [0.25, 0.3) is 0 Å². The summed E-state index contributed by atoms with van der Waals surface area (Å²) < 4.78 is 88.8. The van der Waals surface area contributed by atoms with E-state index in [-0.39, 0.29) is 12.7 Å². The summed E-state index contributed by atoms with van der Waals surface area (Å²) in [6, 6.07) is -0.736. The Labute approximate surface area is 139 Å². The average molecular weight is 371 g/mol. The molecule has 1 aliphatic heterocycles. The van der Waals surface area contributed by atoms with E-state index in [0.717, 1.165) is 7.11 Å². The molecule has 4 nitrogen and oxygen atoms in total. The minimum absolute atomic E-state index is 0.0234. The van der Waals surface area contributed by atoms with Crippen LogP contribution in [0.2, 0.25) is 0 Å². The van der Waals surface area contributed by atoms with Crippen LogP contribution in [0.5, 0.6) is 5.75 Å². The Morgan fingerprint density at radius 1 is 1.16 bits per heavy atom. The van der Waals surface area contributed by atoms with Crippen molar-refractivity contribution in [1.82, 2.24) is 5.32 Å². The number of rotatable bonds is 2. The van der Waals surface area contributed by atoms with Crippen molar-refractivity contribution in [3.63, 3.8) is 0 Å². The van der Waals surface area contributed by atoms with Crippen molar-refractivity contribution in [2.45, 2.75) is 32.2 Å². The minimum Gasteiger partial charge on any atom is -0.496 e. The second-order valence-electron chi connectivity index (χ2n) is 6.28. The lowest BCUT2D eigenvalue weighted by molar-refractivity contribution is -0.144. The quantitative estimate of drug-likeness (QED) is 0.777. The third-order valence-corrected chi connectivity index (χ3v) is 3.90. The predicted molar refractivity (Wildman–Crippen MR) is 74.0 cm³/mol. The van der Waals surface area contributed by atoms with Gasteiger partial charge in [0.1, 0.15) is 12.4 Å². The number of hydrogen-bond acceptors (Lipinski definition) is 3. The molecular formula is C15H15F6NO3. The molecule has 0 saturated carbocycles. The monoisotopic (exact) mass is 371 g/mol. The molecule has 0 spiro atoms. The Morgan fingerprint density at radius 3 is 2.24 bits per heavy atom. The highest BCUT2D eigenvalue weighted by Gasteiger charge is 2.47. The van der Waals surface area contributed by atoms with Gasteiger partial charge in [-0.2, -0.15) is 26.3 Å². The van der Waals surface area contributed by atoms with Gasteiger partial charge < -0.3 is 14.8 Å². The maximum atomic E-state index is 13.5. The zero-order valence-corrected chi connectivity index (χ0v) is 13.4. The van der Waals surface area contributed by atoms with Crippen LogP contribution >= 0.6 is 0 Å². The van der Waals surface area contributed by atoms with E-state index in [1.165, 1.54) is 13.8 Å². The SMILES string of the molecule is COc1cc(C(F)(F)F)cc(C(F)(F)F)c1[C@@H]1NC(=O)OCC1(C)C. The molecule has 1 N–H and O–H groups in total. The summed E-state index contributed by atoms with van der Waals surface area (Å²) in [4.78, 5) is 11.5. The van der Waals surface area contributed by atoms with Crippen LogP contribution in [-0.4, -0.2) is 19.8 Å². The third kappa shape index (κ3) is 3.77. The van der Waals surface area contributed by atoms with Gasteiger partial charge >= 0.3 is 18.4 Å². The molecule has 1 saturated heterocycles. The van der Waals surface area contributed by atoms with Gasteiger partial charge in [-0.1, -0.05) is 13.8 Å². The first-order chi connectivity index (χ1) is 11.3. The Kier molecular flexibility index (Phi) is 4.60. The molecule has 0 aromatic heterocycles. The molecule has 10 heteroatoms. The Morgan fingerprint density at radius 2 is 1.76 bits per heavy atom. The van der Waals surface area contributed by atoms with E-state index < -0.39 is 52.3 Å². The molecule has 1 fully saturated rings. The standard InChI is InChI=1S/C15H15F6NO3/c1-13(2)6-25-12(23)22-11(13)10-8(15(19,20)21)4-7(14(16,17)18)5-9(10)24-3/h4-5,11H,6H2,1-3H3,(H,22,23)/t11-/m0/s1. The van der Waals surface area contributed by atoms with Crippen LogP contribution in [-0.2, 0) is 17.1 Å². The first-order valence-corrected chi connectivity index (χ1v) is 7.07. The molecule has 25 heavy (non-hydrogen) atoms. The second-order valence-corrected chi connectivity index (χ2v) is 6.28. The number of methoxy groups -OCH3 is 1. The lowest BCUT2D eigenvalue weighted by atomic mass is 9.78. The molecule has 1 aromatic rings. The van der Waals surface area contributed by atoms with E-state index in [9.17, 15) is 31.1 Å². The van der Waals surface area contributed by atoms with Crippen LogP contribution in [0.1, 0.15) is 36.6 Å². The summed E-state index contributed by atoms with van der Waals surface area (Å²) in [6.07, 6.45) is -11.0. The molecule has 2 rings (SSSR count). The maximum absolute atomic E-state index is 13.5. The second kappa shape index (κ2) is 5.99. The molecule has 0 bridgehead atoms. The number of carbonyl (C=O) groups excluding carboxylic acids is 1. The molecule has 1 aromatic carbocycles. The van der Waals surface area contributed by atoms with Crippen LogP contribution < -0.4 is 10.1 Å². The van der Waals surface area contributed by atoms with Crippen LogP contribution in [0.25, 0.3) is 0 Å². The van der Waals surface area contributed by atoms with Crippen molar-refractivity contribution < 1.29 is 40.6 Å². The molecule has 0 aliphatic carbocycles.